The molecule has 3 heterocycles. The Balaban J connectivity index is 1.25. The predicted octanol–water partition coefficient (Wildman–Crippen LogP) is 4.06. The molecule has 3 N–H and O–H groups in total. The Morgan fingerprint density at radius 1 is 1.18 bits per heavy atom. The molecule has 40 heavy (non-hydrogen) atoms. The first-order chi connectivity index (χ1) is 19.1. The molecule has 11 heteroatoms. The number of thiazole rings is 1. The molecule has 214 valence electrons. The van der Waals surface area contributed by atoms with E-state index in [2.05, 4.69) is 34.9 Å². The first-order valence-corrected chi connectivity index (χ1v) is 16.3. The molecule has 2 saturated heterocycles. The van der Waals surface area contributed by atoms with Crippen LogP contribution < -0.4 is 15.4 Å². The highest BCUT2D eigenvalue weighted by Crippen LogP contribution is 2.37. The maximum absolute atomic E-state index is 11.7. The van der Waals surface area contributed by atoms with E-state index in [1.54, 1.807) is 11.3 Å². The third-order valence-corrected chi connectivity index (χ3v) is 10.4. The molecule has 2 atom stereocenters. The molecule has 0 saturated carbocycles. The lowest BCUT2D eigenvalue weighted by molar-refractivity contribution is -0.144. The number of aryl methyl sites for hydroxylation is 1. The number of anilines is 2. The van der Waals surface area contributed by atoms with Crippen LogP contribution in [-0.2, 0) is 27.8 Å². The number of piperidine rings is 1. The molecule has 2 fully saturated rings. The molecule has 2 unspecified atom stereocenters. The van der Waals surface area contributed by atoms with Gasteiger partial charge in [-0.1, -0.05) is 25.1 Å². The van der Waals surface area contributed by atoms with Crippen LogP contribution in [0.1, 0.15) is 30.0 Å². The van der Waals surface area contributed by atoms with Gasteiger partial charge in [-0.15, -0.1) is 11.3 Å². The molecule has 2 aromatic carbocycles. The molecule has 0 radical (unpaired) electrons. The van der Waals surface area contributed by atoms with E-state index in [1.165, 1.54) is 0 Å². The summed E-state index contributed by atoms with van der Waals surface area (Å²) in [7, 11) is -2.89. The van der Waals surface area contributed by atoms with Gasteiger partial charge in [-0.2, -0.15) is 0 Å². The number of aromatic nitrogens is 1. The van der Waals surface area contributed by atoms with E-state index < -0.39 is 15.8 Å². The number of hydrogen-bond donors (Lipinski definition) is 2. The lowest BCUT2D eigenvalue weighted by Crippen LogP contribution is -2.42. The van der Waals surface area contributed by atoms with Crippen LogP contribution in [0, 0.1) is 18.8 Å². The summed E-state index contributed by atoms with van der Waals surface area (Å²) < 4.78 is 29.7. The highest BCUT2D eigenvalue weighted by Gasteiger charge is 2.32. The SMILES string of the molecule is Cc1cc(CN2CCS(=O)(=O)CC2)ccc1COc1ccc(N)cc1-c1csc(N2CCC(C(=O)O)C(C)C2)n1. The standard InChI is InChI=1S/C29H36N4O5S2/c1-19-13-21(16-32-9-11-40(36,37)12-10-32)3-4-22(19)17-38-27-6-5-23(30)14-25(27)26-18-39-29(31-26)33-8-7-24(28(34)35)20(2)15-33/h3-6,13-14,18,20,24H,7-12,15-17,30H2,1-2H3,(H,34,35). The number of rotatable bonds is 8. The average Bonchev–Trinajstić information content (AvgIpc) is 3.40. The minimum Gasteiger partial charge on any atom is -0.488 e. The van der Waals surface area contributed by atoms with E-state index in [0.717, 1.165) is 39.6 Å². The minimum atomic E-state index is -2.89. The van der Waals surface area contributed by atoms with Gasteiger partial charge >= 0.3 is 5.97 Å². The van der Waals surface area contributed by atoms with Crippen molar-refractivity contribution < 1.29 is 23.1 Å². The van der Waals surface area contributed by atoms with E-state index in [9.17, 15) is 18.3 Å². The molecular weight excluding hydrogens is 548 g/mol. The first-order valence-electron chi connectivity index (χ1n) is 13.5. The average molecular weight is 585 g/mol. The molecule has 1 aromatic heterocycles. The molecule has 2 aliphatic rings. The van der Waals surface area contributed by atoms with Crippen LogP contribution in [0.4, 0.5) is 10.8 Å². The van der Waals surface area contributed by atoms with Crippen molar-refractivity contribution in [3.63, 3.8) is 0 Å². The number of carboxylic acid groups (broad SMARTS) is 1. The van der Waals surface area contributed by atoms with Gasteiger partial charge in [0.25, 0.3) is 0 Å². The Morgan fingerprint density at radius 3 is 2.65 bits per heavy atom. The monoisotopic (exact) mass is 584 g/mol. The van der Waals surface area contributed by atoms with Crippen molar-refractivity contribution >= 4 is 38.0 Å². The van der Waals surface area contributed by atoms with Gasteiger partial charge in [0.05, 0.1) is 23.1 Å². The van der Waals surface area contributed by atoms with Crippen molar-refractivity contribution in [3.05, 3.63) is 58.5 Å². The number of benzene rings is 2. The Hall–Kier alpha value is -3.15. The molecule has 2 aliphatic heterocycles. The number of nitrogen functional groups attached to an aromatic ring is 1. The van der Waals surface area contributed by atoms with E-state index in [-0.39, 0.29) is 23.3 Å². The lowest BCUT2D eigenvalue weighted by atomic mass is 9.87. The van der Waals surface area contributed by atoms with Crippen molar-refractivity contribution in [2.24, 2.45) is 11.8 Å². The Bertz CT molecular complexity index is 1480. The lowest BCUT2D eigenvalue weighted by Gasteiger charge is -2.34. The van der Waals surface area contributed by atoms with Gasteiger partial charge in [0.1, 0.15) is 12.4 Å². The van der Waals surface area contributed by atoms with Crippen LogP contribution in [0.3, 0.4) is 0 Å². The summed E-state index contributed by atoms with van der Waals surface area (Å²) in [6.07, 6.45) is 0.607. The van der Waals surface area contributed by atoms with Crippen LogP contribution in [-0.4, -0.2) is 67.1 Å². The summed E-state index contributed by atoms with van der Waals surface area (Å²) >= 11 is 1.54. The van der Waals surface area contributed by atoms with Crippen molar-refractivity contribution in [2.45, 2.75) is 33.4 Å². The van der Waals surface area contributed by atoms with Crippen molar-refractivity contribution in [1.82, 2.24) is 9.88 Å². The van der Waals surface area contributed by atoms with Gasteiger partial charge in [0.2, 0.25) is 0 Å². The normalized spacial score (nSPS) is 21.3. The van der Waals surface area contributed by atoms with Crippen LogP contribution in [0.15, 0.2) is 41.8 Å². The summed E-state index contributed by atoms with van der Waals surface area (Å²) in [5, 5.41) is 12.3. The number of carboxylic acids is 1. The highest BCUT2D eigenvalue weighted by molar-refractivity contribution is 7.91. The van der Waals surface area contributed by atoms with Crippen molar-refractivity contribution in [3.8, 4) is 17.0 Å². The summed E-state index contributed by atoms with van der Waals surface area (Å²) in [4.78, 5) is 20.7. The van der Waals surface area contributed by atoms with Crippen molar-refractivity contribution in [1.29, 1.82) is 0 Å². The maximum atomic E-state index is 11.7. The van der Waals surface area contributed by atoms with Gasteiger partial charge in [-0.3, -0.25) is 9.69 Å². The van der Waals surface area contributed by atoms with Gasteiger partial charge < -0.3 is 20.5 Å². The number of ether oxygens (including phenoxy) is 1. The second-order valence-corrected chi connectivity index (χ2v) is 14.0. The Morgan fingerprint density at radius 2 is 1.95 bits per heavy atom. The summed E-state index contributed by atoms with van der Waals surface area (Å²) in [6, 6.07) is 11.9. The molecule has 0 aliphatic carbocycles. The zero-order chi connectivity index (χ0) is 28.4. The quantitative estimate of drug-likeness (QED) is 0.377. The second kappa shape index (κ2) is 11.8. The summed E-state index contributed by atoms with van der Waals surface area (Å²) in [5.41, 5.74) is 11.7. The fraction of sp³-hybridized carbons (Fsp3) is 0.448. The number of aliphatic carboxylic acids is 1. The number of sulfone groups is 1. The molecule has 3 aromatic rings. The molecule has 0 amide bonds. The van der Waals surface area contributed by atoms with E-state index >= 15 is 0 Å². The Kier molecular flexibility index (Phi) is 8.34. The van der Waals surface area contributed by atoms with Crippen molar-refractivity contribution in [2.75, 3.05) is 48.3 Å². The van der Waals surface area contributed by atoms with Crippen LogP contribution >= 0.6 is 11.3 Å². The summed E-state index contributed by atoms with van der Waals surface area (Å²) in [6.45, 7) is 7.65. The van der Waals surface area contributed by atoms with Crippen LogP contribution in [0.2, 0.25) is 0 Å². The van der Waals surface area contributed by atoms with E-state index in [1.807, 2.05) is 30.5 Å². The molecule has 5 rings (SSSR count). The van der Waals surface area contributed by atoms with Crippen LogP contribution in [0.25, 0.3) is 11.3 Å². The number of nitrogens with two attached hydrogens (primary N) is 1. The fourth-order valence-corrected chi connectivity index (χ4v) is 7.57. The topological polar surface area (TPSA) is 126 Å². The van der Waals surface area contributed by atoms with E-state index in [0.29, 0.717) is 50.6 Å². The van der Waals surface area contributed by atoms with Gasteiger partial charge in [0, 0.05) is 49.4 Å². The third kappa shape index (κ3) is 6.59. The molecule has 9 nitrogen and oxygen atoms in total. The Labute approximate surface area is 239 Å². The second-order valence-electron chi connectivity index (χ2n) is 10.9. The molecular formula is C29H36N4O5S2. The fourth-order valence-electron chi connectivity index (χ4n) is 5.43. The van der Waals surface area contributed by atoms with Gasteiger partial charge in [0.15, 0.2) is 15.0 Å². The number of hydrogen-bond acceptors (Lipinski definition) is 9. The van der Waals surface area contributed by atoms with E-state index in [4.69, 9.17) is 15.5 Å². The maximum Gasteiger partial charge on any atom is 0.306 e. The smallest absolute Gasteiger partial charge is 0.306 e. The third-order valence-electron chi connectivity index (χ3n) is 7.90. The minimum absolute atomic E-state index is 0.0514. The van der Waals surface area contributed by atoms with Gasteiger partial charge in [-0.05, 0) is 54.2 Å². The first kappa shape index (κ1) is 28.4. The van der Waals surface area contributed by atoms with Gasteiger partial charge in [-0.25, -0.2) is 13.4 Å². The highest BCUT2D eigenvalue weighted by atomic mass is 32.2. The number of carbonyl (C=O) groups is 1. The number of nitrogens with zero attached hydrogens (tertiary/aromatic N) is 3. The largest absolute Gasteiger partial charge is 0.488 e. The molecule has 0 bridgehead atoms. The predicted molar refractivity (Wildman–Crippen MR) is 159 cm³/mol. The summed E-state index contributed by atoms with van der Waals surface area (Å²) in [5.74, 6) is 0.163. The zero-order valence-electron chi connectivity index (χ0n) is 22.9. The van der Waals surface area contributed by atoms with Crippen LogP contribution in [0.5, 0.6) is 5.75 Å². The zero-order valence-corrected chi connectivity index (χ0v) is 24.5. The molecule has 0 spiro atoms.